The minimum absolute atomic E-state index is 0.639. The number of fused-ring (bicyclic) bond motifs is 2. The van der Waals surface area contributed by atoms with Crippen LogP contribution in [0.25, 0.3) is 21.5 Å². The lowest BCUT2D eigenvalue weighted by Gasteiger charge is -2.12. The van der Waals surface area contributed by atoms with Crippen LogP contribution in [0.2, 0.25) is 0 Å². The normalized spacial score (nSPS) is 11.0. The number of anilines is 3. The van der Waals surface area contributed by atoms with Crippen molar-refractivity contribution >= 4 is 49.8 Å². The Bertz CT molecular complexity index is 1190. The maximum Gasteiger partial charge on any atom is 0.236 e. The molecule has 0 bridgehead atoms. The van der Waals surface area contributed by atoms with E-state index < -0.39 is 0 Å². The van der Waals surface area contributed by atoms with Crippen molar-refractivity contribution in [3.8, 4) is 0 Å². The number of hydrogen-bond donors (Lipinski definition) is 2. The molecule has 4 nitrogen and oxygen atoms in total. The molecular weight excluding hydrogens is 364 g/mol. The maximum absolute atomic E-state index is 4.57. The summed E-state index contributed by atoms with van der Waals surface area (Å²) in [6, 6.07) is 29.3. The summed E-state index contributed by atoms with van der Waals surface area (Å²) in [4.78, 5) is 4.57. The summed E-state index contributed by atoms with van der Waals surface area (Å²) in [5.74, 6) is 0.639. The fourth-order valence-electron chi connectivity index (χ4n) is 3.46. The molecular formula is C23H18N4S. The summed E-state index contributed by atoms with van der Waals surface area (Å²) in [5.41, 5.74) is 2.27. The smallest absolute Gasteiger partial charge is 0.236 e. The fraction of sp³-hybridized carbons (Fsp3) is 0.0435. The summed E-state index contributed by atoms with van der Waals surface area (Å²) >= 11 is 1.35. The van der Waals surface area contributed by atoms with Gasteiger partial charge in [-0.25, -0.2) is 0 Å². The van der Waals surface area contributed by atoms with Gasteiger partial charge in [0.05, 0.1) is 0 Å². The third-order valence-electron chi connectivity index (χ3n) is 4.76. The van der Waals surface area contributed by atoms with Gasteiger partial charge >= 0.3 is 0 Å². The van der Waals surface area contributed by atoms with Crippen LogP contribution in [0.1, 0.15) is 5.56 Å². The van der Waals surface area contributed by atoms with Gasteiger partial charge in [0.1, 0.15) is 0 Å². The SMILES string of the molecule is c1ccc(Nc2nc(NCc3c4ccccc4cc4ccccc34)ns2)cc1. The Balaban J connectivity index is 1.43. The molecule has 0 fully saturated rings. The molecule has 0 radical (unpaired) electrons. The van der Waals surface area contributed by atoms with Crippen molar-refractivity contribution in [2.24, 2.45) is 0 Å². The second-order valence-electron chi connectivity index (χ2n) is 6.57. The van der Waals surface area contributed by atoms with E-state index in [1.54, 1.807) is 0 Å². The lowest BCUT2D eigenvalue weighted by Crippen LogP contribution is -2.02. The van der Waals surface area contributed by atoms with Crippen LogP contribution in [0.4, 0.5) is 16.8 Å². The van der Waals surface area contributed by atoms with E-state index in [2.05, 4.69) is 74.6 Å². The highest BCUT2D eigenvalue weighted by molar-refractivity contribution is 7.10. The standard InChI is InChI=1S/C23H18N4S/c1-2-10-18(11-3-1)25-23-26-22(27-28-23)24-15-21-19-12-6-4-8-16(19)14-17-9-5-7-13-20(17)21/h1-14H,15H2,(H2,24,25,26,27). The van der Waals surface area contributed by atoms with Gasteiger partial charge in [0.25, 0.3) is 0 Å². The number of hydrogen-bond acceptors (Lipinski definition) is 5. The molecule has 2 N–H and O–H groups in total. The summed E-state index contributed by atoms with van der Waals surface area (Å²) in [6.45, 7) is 0.670. The quantitative estimate of drug-likeness (QED) is 0.355. The molecule has 5 heteroatoms. The first kappa shape index (κ1) is 16.7. The van der Waals surface area contributed by atoms with E-state index in [0.717, 1.165) is 10.8 Å². The lowest BCUT2D eigenvalue weighted by atomic mass is 9.97. The number of benzene rings is 4. The van der Waals surface area contributed by atoms with Gasteiger partial charge in [0.2, 0.25) is 11.1 Å². The predicted octanol–water partition coefficient (Wildman–Crippen LogP) is 6.20. The van der Waals surface area contributed by atoms with Crippen LogP contribution < -0.4 is 10.6 Å². The minimum atomic E-state index is 0.639. The maximum atomic E-state index is 4.57. The number of nitrogens with one attached hydrogen (secondary N) is 2. The van der Waals surface area contributed by atoms with Gasteiger partial charge in [-0.1, -0.05) is 66.7 Å². The first-order valence-corrected chi connectivity index (χ1v) is 9.93. The van der Waals surface area contributed by atoms with Crippen LogP contribution in [-0.4, -0.2) is 9.36 Å². The molecule has 5 aromatic rings. The zero-order chi connectivity index (χ0) is 18.8. The number of rotatable bonds is 5. The van der Waals surface area contributed by atoms with E-state index in [1.807, 2.05) is 30.3 Å². The average molecular weight is 382 g/mol. The van der Waals surface area contributed by atoms with Crippen molar-refractivity contribution in [2.75, 3.05) is 10.6 Å². The van der Waals surface area contributed by atoms with E-state index >= 15 is 0 Å². The highest BCUT2D eigenvalue weighted by atomic mass is 32.1. The molecule has 0 aliphatic carbocycles. The first-order valence-electron chi connectivity index (χ1n) is 9.16. The topological polar surface area (TPSA) is 49.8 Å². The molecule has 4 aromatic carbocycles. The molecule has 1 aromatic heterocycles. The molecule has 0 saturated heterocycles. The molecule has 0 spiro atoms. The molecule has 28 heavy (non-hydrogen) atoms. The van der Waals surface area contributed by atoms with Crippen LogP contribution in [0.5, 0.6) is 0 Å². The van der Waals surface area contributed by atoms with Crippen molar-refractivity contribution in [1.29, 1.82) is 0 Å². The Hall–Kier alpha value is -3.44. The molecule has 136 valence electrons. The van der Waals surface area contributed by atoms with Crippen LogP contribution in [0.3, 0.4) is 0 Å². The molecule has 0 aliphatic rings. The van der Waals surface area contributed by atoms with Gasteiger partial charge in [-0.15, -0.1) is 0 Å². The highest BCUT2D eigenvalue weighted by Crippen LogP contribution is 2.29. The van der Waals surface area contributed by atoms with Crippen LogP contribution in [-0.2, 0) is 6.54 Å². The molecule has 0 aliphatic heterocycles. The van der Waals surface area contributed by atoms with E-state index in [-0.39, 0.29) is 0 Å². The van der Waals surface area contributed by atoms with Gasteiger partial charge in [-0.3, -0.25) is 0 Å². The van der Waals surface area contributed by atoms with Crippen molar-refractivity contribution in [3.05, 3.63) is 90.5 Å². The number of nitrogens with zero attached hydrogens (tertiary/aromatic N) is 2. The van der Waals surface area contributed by atoms with Crippen molar-refractivity contribution in [2.45, 2.75) is 6.54 Å². The van der Waals surface area contributed by atoms with Crippen molar-refractivity contribution in [1.82, 2.24) is 9.36 Å². The molecule has 0 saturated carbocycles. The van der Waals surface area contributed by atoms with E-state index in [1.165, 1.54) is 38.6 Å². The monoisotopic (exact) mass is 382 g/mol. The van der Waals surface area contributed by atoms with Gasteiger partial charge in [0, 0.05) is 23.8 Å². The van der Waals surface area contributed by atoms with Crippen molar-refractivity contribution in [3.63, 3.8) is 0 Å². The molecule has 5 rings (SSSR count). The zero-order valence-corrected chi connectivity index (χ0v) is 15.9. The Kier molecular flexibility index (Phi) is 4.35. The van der Waals surface area contributed by atoms with E-state index in [9.17, 15) is 0 Å². The lowest BCUT2D eigenvalue weighted by molar-refractivity contribution is 1.12. The van der Waals surface area contributed by atoms with Gasteiger partial charge in [-0.05, 0) is 45.3 Å². The Morgan fingerprint density at radius 2 is 1.39 bits per heavy atom. The predicted molar refractivity (Wildman–Crippen MR) is 118 cm³/mol. The Labute approximate surface area is 167 Å². The third-order valence-corrected chi connectivity index (χ3v) is 5.39. The second-order valence-corrected chi connectivity index (χ2v) is 7.32. The first-order chi connectivity index (χ1) is 13.9. The van der Waals surface area contributed by atoms with Crippen LogP contribution in [0.15, 0.2) is 84.9 Å². The fourth-order valence-corrected chi connectivity index (χ4v) is 4.03. The van der Waals surface area contributed by atoms with Gasteiger partial charge in [-0.2, -0.15) is 9.36 Å². The summed E-state index contributed by atoms with van der Waals surface area (Å²) in [5, 5.41) is 12.5. The van der Waals surface area contributed by atoms with Gasteiger partial charge in [0.15, 0.2) is 0 Å². The molecule has 0 amide bonds. The van der Waals surface area contributed by atoms with Crippen LogP contribution >= 0.6 is 11.5 Å². The summed E-state index contributed by atoms with van der Waals surface area (Å²) in [6.07, 6.45) is 0. The largest absolute Gasteiger partial charge is 0.349 e. The molecule has 1 heterocycles. The average Bonchev–Trinajstić information content (AvgIpc) is 3.19. The van der Waals surface area contributed by atoms with Crippen molar-refractivity contribution < 1.29 is 0 Å². The number of para-hydroxylation sites is 1. The summed E-state index contributed by atoms with van der Waals surface area (Å²) in [7, 11) is 0. The zero-order valence-electron chi connectivity index (χ0n) is 15.1. The van der Waals surface area contributed by atoms with Crippen LogP contribution in [0, 0.1) is 0 Å². The van der Waals surface area contributed by atoms with E-state index in [0.29, 0.717) is 12.5 Å². The highest BCUT2D eigenvalue weighted by Gasteiger charge is 2.09. The third kappa shape index (κ3) is 3.28. The van der Waals surface area contributed by atoms with E-state index in [4.69, 9.17) is 0 Å². The number of aromatic nitrogens is 2. The van der Waals surface area contributed by atoms with Gasteiger partial charge < -0.3 is 10.6 Å². The summed E-state index contributed by atoms with van der Waals surface area (Å²) < 4.78 is 4.44. The Morgan fingerprint density at radius 1 is 0.750 bits per heavy atom. The second kappa shape index (κ2) is 7.29. The Morgan fingerprint density at radius 3 is 2.11 bits per heavy atom. The minimum Gasteiger partial charge on any atom is -0.349 e. The molecule has 0 unspecified atom stereocenters. The molecule has 0 atom stereocenters.